The van der Waals surface area contributed by atoms with Gasteiger partial charge in [-0.3, -0.25) is 0 Å². The van der Waals surface area contributed by atoms with Gasteiger partial charge in [0.2, 0.25) is 0 Å². The molecular weight excluding hydrogens is 164 g/mol. The SMILES string of the molecule is C[C@@H](O)C#Cc1ncccc1C#N. The van der Waals surface area contributed by atoms with E-state index in [2.05, 4.69) is 16.8 Å². The van der Waals surface area contributed by atoms with E-state index in [4.69, 9.17) is 10.4 Å². The van der Waals surface area contributed by atoms with Crippen LogP contribution in [-0.2, 0) is 0 Å². The number of hydrogen-bond donors (Lipinski definition) is 1. The summed E-state index contributed by atoms with van der Waals surface area (Å²) in [6.45, 7) is 1.56. The molecule has 1 atom stereocenters. The van der Waals surface area contributed by atoms with E-state index < -0.39 is 6.10 Å². The minimum atomic E-state index is -0.700. The van der Waals surface area contributed by atoms with E-state index in [1.165, 1.54) is 0 Å². The van der Waals surface area contributed by atoms with Gasteiger partial charge in [-0.25, -0.2) is 4.98 Å². The number of aliphatic hydroxyl groups is 1. The van der Waals surface area contributed by atoms with E-state index in [1.54, 1.807) is 25.3 Å². The molecule has 1 N–H and O–H groups in total. The van der Waals surface area contributed by atoms with E-state index >= 15 is 0 Å². The summed E-state index contributed by atoms with van der Waals surface area (Å²) < 4.78 is 0. The Hall–Kier alpha value is -1.84. The number of nitriles is 1. The van der Waals surface area contributed by atoms with Crippen LogP contribution in [0.5, 0.6) is 0 Å². The fourth-order valence-electron chi connectivity index (χ4n) is 0.768. The maximum absolute atomic E-state index is 8.89. The molecule has 0 amide bonds. The maximum atomic E-state index is 8.89. The van der Waals surface area contributed by atoms with Gasteiger partial charge in [0.15, 0.2) is 0 Å². The van der Waals surface area contributed by atoms with Crippen molar-refractivity contribution in [3.05, 3.63) is 29.6 Å². The molecular formula is C10H8N2O. The topological polar surface area (TPSA) is 56.9 Å². The number of aliphatic hydroxyl groups excluding tert-OH is 1. The van der Waals surface area contributed by atoms with Crippen LogP contribution in [0.2, 0.25) is 0 Å². The molecule has 0 aliphatic carbocycles. The maximum Gasteiger partial charge on any atom is 0.130 e. The number of nitrogens with zero attached hydrogens (tertiary/aromatic N) is 2. The number of aromatic nitrogens is 1. The van der Waals surface area contributed by atoms with Gasteiger partial charge in [0.05, 0.1) is 5.56 Å². The quantitative estimate of drug-likeness (QED) is 0.585. The lowest BCUT2D eigenvalue weighted by Crippen LogP contribution is -1.94. The second-order valence-electron chi connectivity index (χ2n) is 2.46. The molecule has 0 aromatic carbocycles. The van der Waals surface area contributed by atoms with E-state index in [0.717, 1.165) is 0 Å². The van der Waals surface area contributed by atoms with E-state index in [-0.39, 0.29) is 0 Å². The van der Waals surface area contributed by atoms with Gasteiger partial charge in [0.1, 0.15) is 17.9 Å². The third kappa shape index (κ3) is 2.59. The summed E-state index contributed by atoms with van der Waals surface area (Å²) in [5.74, 6) is 5.16. The van der Waals surface area contributed by atoms with Gasteiger partial charge in [-0.1, -0.05) is 5.92 Å². The van der Waals surface area contributed by atoms with Crippen LogP contribution >= 0.6 is 0 Å². The lowest BCUT2D eigenvalue weighted by molar-refractivity contribution is 0.253. The summed E-state index contributed by atoms with van der Waals surface area (Å²) in [6.07, 6.45) is 0.862. The highest BCUT2D eigenvalue weighted by atomic mass is 16.3. The standard InChI is InChI=1S/C10H8N2O/c1-8(13)4-5-10-9(7-11)3-2-6-12-10/h2-3,6,8,13H,1H3/t8-/m1/s1. The van der Waals surface area contributed by atoms with Gasteiger partial charge < -0.3 is 5.11 Å². The third-order valence-corrected chi connectivity index (χ3v) is 1.33. The molecule has 0 bridgehead atoms. The zero-order chi connectivity index (χ0) is 9.68. The Labute approximate surface area is 76.7 Å². The number of rotatable bonds is 0. The molecule has 0 unspecified atom stereocenters. The highest BCUT2D eigenvalue weighted by Gasteiger charge is 1.97. The molecule has 0 radical (unpaired) electrons. The highest BCUT2D eigenvalue weighted by Crippen LogP contribution is 2.00. The van der Waals surface area contributed by atoms with Gasteiger partial charge in [-0.05, 0) is 25.0 Å². The predicted molar refractivity (Wildman–Crippen MR) is 47.5 cm³/mol. The monoisotopic (exact) mass is 172 g/mol. The van der Waals surface area contributed by atoms with Crippen LogP contribution in [0.1, 0.15) is 18.2 Å². The first-order valence-corrected chi connectivity index (χ1v) is 3.78. The van der Waals surface area contributed by atoms with Crippen molar-refractivity contribution in [3.63, 3.8) is 0 Å². The van der Waals surface area contributed by atoms with Crippen molar-refractivity contribution in [2.75, 3.05) is 0 Å². The molecule has 3 nitrogen and oxygen atoms in total. The summed E-state index contributed by atoms with van der Waals surface area (Å²) in [7, 11) is 0. The Balaban J connectivity index is 3.04. The first-order chi connectivity index (χ1) is 6.24. The Morgan fingerprint density at radius 2 is 2.38 bits per heavy atom. The molecule has 1 rings (SSSR count). The Morgan fingerprint density at radius 1 is 1.62 bits per heavy atom. The highest BCUT2D eigenvalue weighted by molar-refractivity contribution is 5.43. The van der Waals surface area contributed by atoms with E-state index in [0.29, 0.717) is 11.3 Å². The minimum absolute atomic E-state index is 0.408. The lowest BCUT2D eigenvalue weighted by atomic mass is 10.2. The predicted octanol–water partition coefficient (Wildman–Crippen LogP) is 0.686. The van der Waals surface area contributed by atoms with Crippen LogP contribution in [0.15, 0.2) is 18.3 Å². The second-order valence-corrected chi connectivity index (χ2v) is 2.46. The number of hydrogen-bond acceptors (Lipinski definition) is 3. The van der Waals surface area contributed by atoms with Gasteiger partial charge in [0, 0.05) is 6.20 Å². The molecule has 3 heteroatoms. The van der Waals surface area contributed by atoms with Crippen LogP contribution in [0.3, 0.4) is 0 Å². The summed E-state index contributed by atoms with van der Waals surface area (Å²) in [5, 5.41) is 17.6. The van der Waals surface area contributed by atoms with Crippen LogP contribution in [0, 0.1) is 23.2 Å². The first-order valence-electron chi connectivity index (χ1n) is 3.78. The first kappa shape index (κ1) is 9.25. The van der Waals surface area contributed by atoms with Crippen LogP contribution in [-0.4, -0.2) is 16.2 Å². The van der Waals surface area contributed by atoms with Gasteiger partial charge in [-0.2, -0.15) is 5.26 Å². The fraction of sp³-hybridized carbons (Fsp3) is 0.200. The molecule has 0 fully saturated rings. The van der Waals surface area contributed by atoms with Crippen molar-refractivity contribution < 1.29 is 5.11 Å². The number of pyridine rings is 1. The largest absolute Gasteiger partial charge is 0.381 e. The molecule has 0 saturated heterocycles. The molecule has 0 aliphatic rings. The van der Waals surface area contributed by atoms with Crippen LogP contribution in [0.25, 0.3) is 0 Å². The van der Waals surface area contributed by atoms with E-state index in [9.17, 15) is 0 Å². The fourth-order valence-corrected chi connectivity index (χ4v) is 0.768. The Kier molecular flexibility index (Phi) is 3.03. The minimum Gasteiger partial charge on any atom is -0.381 e. The van der Waals surface area contributed by atoms with Gasteiger partial charge in [0.25, 0.3) is 0 Å². The third-order valence-electron chi connectivity index (χ3n) is 1.33. The van der Waals surface area contributed by atoms with Crippen molar-refractivity contribution in [2.24, 2.45) is 0 Å². The summed E-state index contributed by atoms with van der Waals surface area (Å²) in [5.41, 5.74) is 0.835. The lowest BCUT2D eigenvalue weighted by Gasteiger charge is -1.92. The van der Waals surface area contributed by atoms with Crippen LogP contribution in [0.4, 0.5) is 0 Å². The summed E-state index contributed by atoms with van der Waals surface area (Å²) >= 11 is 0. The smallest absolute Gasteiger partial charge is 0.130 e. The van der Waals surface area contributed by atoms with Crippen molar-refractivity contribution in [3.8, 4) is 17.9 Å². The van der Waals surface area contributed by atoms with Crippen molar-refractivity contribution in [1.82, 2.24) is 4.98 Å². The Morgan fingerprint density at radius 3 is 3.00 bits per heavy atom. The molecule has 64 valence electrons. The van der Waals surface area contributed by atoms with Crippen molar-refractivity contribution in [2.45, 2.75) is 13.0 Å². The molecule has 0 aliphatic heterocycles. The molecule has 13 heavy (non-hydrogen) atoms. The molecule has 0 spiro atoms. The normalized spacial score (nSPS) is 10.8. The average molecular weight is 172 g/mol. The molecule has 1 aromatic heterocycles. The Bertz CT molecular complexity index is 393. The zero-order valence-corrected chi connectivity index (χ0v) is 7.15. The second kappa shape index (κ2) is 4.25. The summed E-state index contributed by atoms with van der Waals surface area (Å²) in [6, 6.07) is 5.28. The van der Waals surface area contributed by atoms with Crippen molar-refractivity contribution in [1.29, 1.82) is 5.26 Å². The summed E-state index contributed by atoms with van der Waals surface area (Å²) in [4.78, 5) is 3.91. The van der Waals surface area contributed by atoms with Gasteiger partial charge in [-0.15, -0.1) is 0 Å². The molecule has 1 aromatic rings. The van der Waals surface area contributed by atoms with Crippen molar-refractivity contribution >= 4 is 0 Å². The van der Waals surface area contributed by atoms with Gasteiger partial charge >= 0.3 is 0 Å². The van der Waals surface area contributed by atoms with E-state index in [1.807, 2.05) is 6.07 Å². The molecule has 0 saturated carbocycles. The zero-order valence-electron chi connectivity index (χ0n) is 7.15. The molecule has 1 heterocycles. The average Bonchev–Trinajstić information content (AvgIpc) is 2.15. The van der Waals surface area contributed by atoms with Crippen LogP contribution < -0.4 is 0 Å².